The van der Waals surface area contributed by atoms with Gasteiger partial charge in [0.1, 0.15) is 5.15 Å². The molecular weight excluding hydrogens is 236 g/mol. The molecule has 0 bridgehead atoms. The van der Waals surface area contributed by atoms with E-state index in [-0.39, 0.29) is 13.0 Å². The Morgan fingerprint density at radius 2 is 2.19 bits per heavy atom. The second-order valence-corrected chi connectivity index (χ2v) is 4.39. The molecule has 0 amide bonds. The molecule has 3 nitrogen and oxygen atoms in total. The lowest BCUT2D eigenvalue weighted by molar-refractivity contribution is -0.0663. The highest BCUT2D eigenvalue weighted by molar-refractivity contribution is 6.29. The summed E-state index contributed by atoms with van der Waals surface area (Å²) in [7, 11) is 0. The normalized spacial score (nSPS) is 20.9. The van der Waals surface area contributed by atoms with Crippen molar-refractivity contribution in [3.63, 3.8) is 0 Å². The predicted octanol–water partition coefficient (Wildman–Crippen LogP) is 2.36. The van der Waals surface area contributed by atoms with Gasteiger partial charge in [0.2, 0.25) is 0 Å². The molecule has 1 aliphatic rings. The zero-order valence-electron chi connectivity index (χ0n) is 8.67. The Kier molecular flexibility index (Phi) is 3.35. The van der Waals surface area contributed by atoms with Crippen molar-refractivity contribution >= 4 is 11.6 Å². The first-order valence-corrected chi connectivity index (χ1v) is 5.50. The lowest BCUT2D eigenvalue weighted by atomic mass is 10.1. The van der Waals surface area contributed by atoms with Crippen LogP contribution in [-0.4, -0.2) is 33.9 Å². The number of halogens is 3. The van der Waals surface area contributed by atoms with Crippen LogP contribution in [0.5, 0.6) is 0 Å². The number of alkyl halides is 2. The fourth-order valence-electron chi connectivity index (χ4n) is 1.83. The quantitative estimate of drug-likeness (QED) is 0.803. The summed E-state index contributed by atoms with van der Waals surface area (Å²) in [5.41, 5.74) is 0.669. The molecule has 0 atom stereocenters. The maximum Gasteiger partial charge on any atom is 0.260 e. The van der Waals surface area contributed by atoms with E-state index in [1.54, 1.807) is 4.90 Å². The summed E-state index contributed by atoms with van der Waals surface area (Å²) in [6.07, 6.45) is 3.46. The highest BCUT2D eigenvalue weighted by Crippen LogP contribution is 2.27. The monoisotopic (exact) mass is 247 g/mol. The third-order valence-corrected chi connectivity index (χ3v) is 2.73. The maximum atomic E-state index is 13.1. The largest absolute Gasteiger partial charge is 0.292 e. The predicted molar refractivity (Wildman–Crippen MR) is 56.5 cm³/mol. The molecular formula is C10H12ClF2N3. The molecule has 1 aromatic heterocycles. The van der Waals surface area contributed by atoms with Crippen LogP contribution in [-0.2, 0) is 6.54 Å². The fourth-order valence-corrected chi connectivity index (χ4v) is 1.93. The Balaban J connectivity index is 1.97. The van der Waals surface area contributed by atoms with E-state index in [0.717, 1.165) is 0 Å². The van der Waals surface area contributed by atoms with Gasteiger partial charge >= 0.3 is 0 Å². The first-order chi connectivity index (χ1) is 7.55. The summed E-state index contributed by atoms with van der Waals surface area (Å²) >= 11 is 5.59. The van der Waals surface area contributed by atoms with Crippen molar-refractivity contribution in [1.29, 1.82) is 0 Å². The minimum absolute atomic E-state index is 0.0181. The molecule has 1 saturated heterocycles. The van der Waals surface area contributed by atoms with Crippen molar-refractivity contribution < 1.29 is 8.78 Å². The molecule has 0 saturated carbocycles. The van der Waals surface area contributed by atoms with Crippen LogP contribution in [0, 0.1) is 0 Å². The zero-order chi connectivity index (χ0) is 11.6. The van der Waals surface area contributed by atoms with Crippen molar-refractivity contribution in [2.45, 2.75) is 25.3 Å². The van der Waals surface area contributed by atoms with Gasteiger partial charge in [0.05, 0.1) is 24.6 Å². The van der Waals surface area contributed by atoms with Crippen molar-refractivity contribution in [1.82, 2.24) is 14.9 Å². The average Bonchev–Trinajstić information content (AvgIpc) is 2.20. The van der Waals surface area contributed by atoms with Crippen LogP contribution in [0.4, 0.5) is 8.78 Å². The van der Waals surface area contributed by atoms with Crippen molar-refractivity contribution in [3.8, 4) is 0 Å². The number of hydrogen-bond acceptors (Lipinski definition) is 3. The Morgan fingerprint density at radius 3 is 2.81 bits per heavy atom. The molecule has 2 rings (SSSR count). The van der Waals surface area contributed by atoms with Crippen LogP contribution < -0.4 is 0 Å². The van der Waals surface area contributed by atoms with Gasteiger partial charge in [-0.1, -0.05) is 11.6 Å². The number of nitrogens with zero attached hydrogens (tertiary/aromatic N) is 3. The molecule has 0 aromatic carbocycles. The van der Waals surface area contributed by atoms with Gasteiger partial charge in [-0.2, -0.15) is 0 Å². The van der Waals surface area contributed by atoms with E-state index >= 15 is 0 Å². The van der Waals surface area contributed by atoms with Crippen molar-refractivity contribution in [2.24, 2.45) is 0 Å². The van der Waals surface area contributed by atoms with Crippen LogP contribution in [0.2, 0.25) is 5.15 Å². The smallest absolute Gasteiger partial charge is 0.260 e. The van der Waals surface area contributed by atoms with Crippen molar-refractivity contribution in [3.05, 3.63) is 23.2 Å². The van der Waals surface area contributed by atoms with E-state index in [0.29, 0.717) is 30.4 Å². The zero-order valence-corrected chi connectivity index (χ0v) is 9.42. The third kappa shape index (κ3) is 3.09. The van der Waals surface area contributed by atoms with Gasteiger partial charge in [-0.15, -0.1) is 0 Å². The fraction of sp³-hybridized carbons (Fsp3) is 0.600. The highest BCUT2D eigenvalue weighted by atomic mass is 35.5. The molecule has 0 aliphatic carbocycles. The molecule has 0 N–H and O–H groups in total. The molecule has 1 aromatic rings. The Hall–Kier alpha value is -0.810. The average molecular weight is 248 g/mol. The summed E-state index contributed by atoms with van der Waals surface area (Å²) < 4.78 is 26.2. The van der Waals surface area contributed by atoms with Gasteiger partial charge in [0.15, 0.2) is 0 Å². The minimum atomic E-state index is -2.57. The van der Waals surface area contributed by atoms with Gasteiger partial charge in [0.25, 0.3) is 5.92 Å². The summed E-state index contributed by atoms with van der Waals surface area (Å²) in [6.45, 7) is 0.886. The molecule has 88 valence electrons. The van der Waals surface area contributed by atoms with Gasteiger partial charge in [-0.05, 0) is 13.0 Å². The van der Waals surface area contributed by atoms with Crippen molar-refractivity contribution in [2.75, 3.05) is 13.1 Å². The first kappa shape index (κ1) is 11.7. The first-order valence-electron chi connectivity index (χ1n) is 5.12. The van der Waals surface area contributed by atoms with E-state index in [9.17, 15) is 8.78 Å². The topological polar surface area (TPSA) is 29.0 Å². The SMILES string of the molecule is FC1(F)CCCN(Cc2cnc(Cl)cn2)C1. The summed E-state index contributed by atoms with van der Waals surface area (Å²) in [5, 5.41) is 0.313. The van der Waals surface area contributed by atoms with Gasteiger partial charge in [-0.3, -0.25) is 9.88 Å². The molecule has 1 fully saturated rings. The molecule has 1 aliphatic heterocycles. The number of piperidine rings is 1. The summed E-state index contributed by atoms with van der Waals surface area (Å²) in [4.78, 5) is 9.60. The second-order valence-electron chi connectivity index (χ2n) is 4.00. The van der Waals surface area contributed by atoms with E-state index in [1.807, 2.05) is 0 Å². The minimum Gasteiger partial charge on any atom is -0.292 e. The second kappa shape index (κ2) is 4.59. The molecule has 0 radical (unpaired) electrons. The molecule has 6 heteroatoms. The Labute approximate surface area is 97.4 Å². The third-order valence-electron chi connectivity index (χ3n) is 2.53. The van der Waals surface area contributed by atoms with Crippen LogP contribution in [0.15, 0.2) is 12.4 Å². The number of hydrogen-bond donors (Lipinski definition) is 0. The number of rotatable bonds is 2. The van der Waals surface area contributed by atoms with Crippen LogP contribution in [0.3, 0.4) is 0 Å². The molecule has 2 heterocycles. The highest BCUT2D eigenvalue weighted by Gasteiger charge is 2.34. The summed E-state index contributed by atoms with van der Waals surface area (Å²) in [5.74, 6) is -2.57. The molecule has 0 spiro atoms. The Morgan fingerprint density at radius 1 is 1.38 bits per heavy atom. The number of aromatic nitrogens is 2. The van der Waals surface area contributed by atoms with Gasteiger partial charge in [0, 0.05) is 13.0 Å². The molecule has 0 unspecified atom stereocenters. The summed E-state index contributed by atoms with van der Waals surface area (Å²) in [6, 6.07) is 0. The lowest BCUT2D eigenvalue weighted by Gasteiger charge is -2.31. The van der Waals surface area contributed by atoms with E-state index in [1.165, 1.54) is 12.4 Å². The van der Waals surface area contributed by atoms with E-state index < -0.39 is 5.92 Å². The van der Waals surface area contributed by atoms with Crippen LogP contribution >= 0.6 is 11.6 Å². The van der Waals surface area contributed by atoms with Crippen LogP contribution in [0.1, 0.15) is 18.5 Å². The molecule has 16 heavy (non-hydrogen) atoms. The maximum absolute atomic E-state index is 13.1. The van der Waals surface area contributed by atoms with E-state index in [4.69, 9.17) is 11.6 Å². The van der Waals surface area contributed by atoms with Gasteiger partial charge < -0.3 is 0 Å². The lowest BCUT2D eigenvalue weighted by Crippen LogP contribution is -2.42. The number of likely N-dealkylation sites (tertiary alicyclic amines) is 1. The van der Waals surface area contributed by atoms with E-state index in [2.05, 4.69) is 9.97 Å². The van der Waals surface area contributed by atoms with Crippen LogP contribution in [0.25, 0.3) is 0 Å². The Bertz CT molecular complexity index is 356. The van der Waals surface area contributed by atoms with Gasteiger partial charge in [-0.25, -0.2) is 13.8 Å². The standard InChI is InChI=1S/C10H12ClF2N3/c11-9-5-14-8(4-15-9)6-16-3-1-2-10(12,13)7-16/h4-5H,1-3,6-7H2.